The molecule has 6 nitrogen and oxygen atoms in total. The zero-order valence-electron chi connectivity index (χ0n) is 11.3. The van der Waals surface area contributed by atoms with Gasteiger partial charge in [0.15, 0.2) is 0 Å². The average Bonchev–Trinajstić information content (AvgIpc) is 2.43. The number of aryl methyl sites for hydroxylation is 1. The van der Waals surface area contributed by atoms with Crippen LogP contribution < -0.4 is 10.6 Å². The maximum atomic E-state index is 11.5. The fourth-order valence-corrected chi connectivity index (χ4v) is 1.52. The van der Waals surface area contributed by atoms with Crippen molar-refractivity contribution in [2.24, 2.45) is 0 Å². The molecule has 6 heteroatoms. The third-order valence-electron chi connectivity index (χ3n) is 2.68. The summed E-state index contributed by atoms with van der Waals surface area (Å²) in [6, 6.07) is 8.58. The fraction of sp³-hybridized carbons (Fsp3) is 0.357. The van der Waals surface area contributed by atoms with Crippen LogP contribution in [0, 0.1) is 0 Å². The van der Waals surface area contributed by atoms with Gasteiger partial charge in [-0.1, -0.05) is 30.3 Å². The highest BCUT2D eigenvalue weighted by Gasteiger charge is 2.14. The molecule has 20 heavy (non-hydrogen) atoms. The molecule has 1 aromatic rings. The van der Waals surface area contributed by atoms with Crippen molar-refractivity contribution in [3.8, 4) is 0 Å². The van der Waals surface area contributed by atoms with Crippen LogP contribution in [0.5, 0.6) is 0 Å². The van der Waals surface area contributed by atoms with Crippen molar-refractivity contribution in [2.45, 2.75) is 25.8 Å². The van der Waals surface area contributed by atoms with Gasteiger partial charge in [0, 0.05) is 6.42 Å². The van der Waals surface area contributed by atoms with E-state index in [0.29, 0.717) is 6.42 Å². The van der Waals surface area contributed by atoms with Crippen molar-refractivity contribution in [1.29, 1.82) is 0 Å². The summed E-state index contributed by atoms with van der Waals surface area (Å²) in [6.45, 7) is 1.14. The summed E-state index contributed by atoms with van der Waals surface area (Å²) < 4.78 is 0. The number of aliphatic carboxylic acids is 1. The number of hydrogen-bond acceptors (Lipinski definition) is 3. The summed E-state index contributed by atoms with van der Waals surface area (Å²) in [5.41, 5.74) is 1.05. The van der Waals surface area contributed by atoms with E-state index in [-0.39, 0.29) is 18.9 Å². The molecule has 0 aromatic heterocycles. The largest absolute Gasteiger partial charge is 0.480 e. The number of hydrogen-bond donors (Lipinski definition) is 3. The van der Waals surface area contributed by atoms with Gasteiger partial charge < -0.3 is 15.7 Å². The van der Waals surface area contributed by atoms with E-state index < -0.39 is 17.9 Å². The van der Waals surface area contributed by atoms with Crippen LogP contribution in [0.3, 0.4) is 0 Å². The van der Waals surface area contributed by atoms with Crippen LogP contribution >= 0.6 is 0 Å². The second-order valence-corrected chi connectivity index (χ2v) is 4.39. The minimum absolute atomic E-state index is 0.217. The highest BCUT2D eigenvalue weighted by Crippen LogP contribution is 2.01. The van der Waals surface area contributed by atoms with Crippen LogP contribution in [-0.2, 0) is 20.8 Å². The smallest absolute Gasteiger partial charge is 0.325 e. The number of carbonyl (C=O) groups excluding carboxylic acids is 2. The first-order valence-corrected chi connectivity index (χ1v) is 6.32. The van der Waals surface area contributed by atoms with E-state index in [1.165, 1.54) is 6.92 Å². The van der Waals surface area contributed by atoms with E-state index in [4.69, 9.17) is 5.11 Å². The number of rotatable bonds is 7. The molecule has 1 aromatic carbocycles. The van der Waals surface area contributed by atoms with E-state index in [9.17, 15) is 14.4 Å². The van der Waals surface area contributed by atoms with Gasteiger partial charge >= 0.3 is 5.97 Å². The Labute approximate surface area is 117 Å². The van der Waals surface area contributed by atoms with Crippen molar-refractivity contribution >= 4 is 17.8 Å². The van der Waals surface area contributed by atoms with Crippen molar-refractivity contribution in [1.82, 2.24) is 10.6 Å². The summed E-state index contributed by atoms with van der Waals surface area (Å²) in [7, 11) is 0. The van der Waals surface area contributed by atoms with Gasteiger partial charge in [0.05, 0.1) is 6.54 Å². The topological polar surface area (TPSA) is 95.5 Å². The lowest BCUT2D eigenvalue weighted by Crippen LogP contribution is -2.44. The molecule has 0 bridgehead atoms. The average molecular weight is 278 g/mol. The minimum Gasteiger partial charge on any atom is -0.480 e. The third kappa shape index (κ3) is 5.99. The molecule has 0 saturated heterocycles. The number of carboxylic acids is 1. The van der Waals surface area contributed by atoms with Gasteiger partial charge in [0.2, 0.25) is 11.8 Å². The maximum absolute atomic E-state index is 11.5. The summed E-state index contributed by atoms with van der Waals surface area (Å²) in [6.07, 6.45) is 0.881. The first-order valence-electron chi connectivity index (χ1n) is 6.32. The molecule has 0 heterocycles. The van der Waals surface area contributed by atoms with E-state index in [1.54, 1.807) is 0 Å². The Morgan fingerprint density at radius 3 is 2.40 bits per heavy atom. The van der Waals surface area contributed by atoms with Gasteiger partial charge in [-0.15, -0.1) is 0 Å². The van der Waals surface area contributed by atoms with Crippen LogP contribution in [0.2, 0.25) is 0 Å². The van der Waals surface area contributed by atoms with Crippen molar-refractivity contribution in [3.05, 3.63) is 35.9 Å². The monoisotopic (exact) mass is 278 g/mol. The van der Waals surface area contributed by atoms with Crippen molar-refractivity contribution in [2.75, 3.05) is 6.54 Å². The molecule has 3 N–H and O–H groups in total. The predicted octanol–water partition coefficient (Wildman–Crippen LogP) is 0.325. The highest BCUT2D eigenvalue weighted by atomic mass is 16.4. The van der Waals surface area contributed by atoms with E-state index in [2.05, 4.69) is 10.6 Å². The minimum atomic E-state index is -1.12. The molecule has 0 aliphatic heterocycles. The van der Waals surface area contributed by atoms with Crippen molar-refractivity contribution < 1.29 is 19.5 Å². The molecule has 2 amide bonds. The Bertz CT molecular complexity index is 473. The lowest BCUT2D eigenvalue weighted by molar-refractivity contribution is -0.141. The SMILES string of the molecule is CC(NC(=O)CNC(=O)CCc1ccccc1)C(=O)O. The van der Waals surface area contributed by atoms with Crippen LogP contribution in [0.4, 0.5) is 0 Å². The molecule has 0 fully saturated rings. The molecule has 0 aliphatic carbocycles. The van der Waals surface area contributed by atoms with Gasteiger partial charge in [-0.25, -0.2) is 0 Å². The van der Waals surface area contributed by atoms with E-state index in [1.807, 2.05) is 30.3 Å². The molecule has 1 rings (SSSR count). The number of carbonyl (C=O) groups is 3. The molecule has 0 aliphatic rings. The summed E-state index contributed by atoms with van der Waals surface area (Å²) in [4.78, 5) is 33.4. The zero-order valence-corrected chi connectivity index (χ0v) is 11.3. The number of amides is 2. The summed E-state index contributed by atoms with van der Waals surface area (Å²) in [5, 5.41) is 13.3. The standard InChI is InChI=1S/C14H18N2O4/c1-10(14(19)20)16-13(18)9-15-12(17)8-7-11-5-3-2-4-6-11/h2-6,10H,7-9H2,1H3,(H,15,17)(H,16,18)(H,19,20). The molecule has 0 radical (unpaired) electrons. The number of carboxylic acid groups (broad SMARTS) is 1. The molecule has 0 spiro atoms. The Hall–Kier alpha value is -2.37. The van der Waals surface area contributed by atoms with Gasteiger partial charge in [-0.3, -0.25) is 14.4 Å². The van der Waals surface area contributed by atoms with E-state index >= 15 is 0 Å². The van der Waals surface area contributed by atoms with Gasteiger partial charge in [0.1, 0.15) is 6.04 Å². The van der Waals surface area contributed by atoms with Crippen LogP contribution in [-0.4, -0.2) is 35.5 Å². The predicted molar refractivity (Wildman–Crippen MR) is 73.0 cm³/mol. The molecular formula is C14H18N2O4. The van der Waals surface area contributed by atoms with Crippen LogP contribution in [0.25, 0.3) is 0 Å². The van der Waals surface area contributed by atoms with Crippen LogP contribution in [0.1, 0.15) is 18.9 Å². The highest BCUT2D eigenvalue weighted by molar-refractivity contribution is 5.87. The first-order chi connectivity index (χ1) is 9.49. The second kappa shape index (κ2) is 7.93. The van der Waals surface area contributed by atoms with Crippen LogP contribution in [0.15, 0.2) is 30.3 Å². The molecular weight excluding hydrogens is 260 g/mol. The summed E-state index contributed by atoms with van der Waals surface area (Å²) >= 11 is 0. The first kappa shape index (κ1) is 15.7. The quantitative estimate of drug-likeness (QED) is 0.669. The normalized spacial score (nSPS) is 11.4. The lowest BCUT2D eigenvalue weighted by atomic mass is 10.1. The molecule has 1 unspecified atom stereocenters. The summed E-state index contributed by atoms with van der Waals surface area (Å²) in [5.74, 6) is -1.88. The molecule has 108 valence electrons. The third-order valence-corrected chi connectivity index (χ3v) is 2.68. The van der Waals surface area contributed by atoms with Crippen molar-refractivity contribution in [3.63, 3.8) is 0 Å². The molecule has 1 atom stereocenters. The number of nitrogens with one attached hydrogen (secondary N) is 2. The van der Waals surface area contributed by atoms with Gasteiger partial charge in [0.25, 0.3) is 0 Å². The molecule has 0 saturated carbocycles. The van der Waals surface area contributed by atoms with E-state index in [0.717, 1.165) is 5.56 Å². The fourth-order valence-electron chi connectivity index (χ4n) is 1.52. The van der Waals surface area contributed by atoms with Gasteiger partial charge in [-0.05, 0) is 18.9 Å². The zero-order chi connectivity index (χ0) is 15.0. The Morgan fingerprint density at radius 2 is 1.80 bits per heavy atom. The number of benzene rings is 1. The Balaban J connectivity index is 2.23. The Morgan fingerprint density at radius 1 is 1.15 bits per heavy atom. The van der Waals surface area contributed by atoms with Gasteiger partial charge in [-0.2, -0.15) is 0 Å². The maximum Gasteiger partial charge on any atom is 0.325 e. The Kier molecular flexibility index (Phi) is 6.22. The lowest BCUT2D eigenvalue weighted by Gasteiger charge is -2.10. The second-order valence-electron chi connectivity index (χ2n) is 4.39.